The van der Waals surface area contributed by atoms with Crippen LogP contribution >= 0.6 is 11.3 Å². The lowest BCUT2D eigenvalue weighted by atomic mass is 10.2. The molecular weight excluding hydrogens is 334 g/mol. The third-order valence-corrected chi connectivity index (χ3v) is 6.25. The number of carbonyl (C=O) groups is 1. The zero-order valence-corrected chi connectivity index (χ0v) is 15.3. The van der Waals surface area contributed by atoms with Gasteiger partial charge in [-0.05, 0) is 37.1 Å². The number of carbonyl (C=O) groups excluding carboxylic acids is 1. The van der Waals surface area contributed by atoms with Crippen LogP contribution in [0.25, 0.3) is 0 Å². The van der Waals surface area contributed by atoms with Crippen LogP contribution in [0.1, 0.15) is 33.5 Å². The standard InChI is InChI=1S/C19H25N3O2S/c23-19(18-6-5-17(25-18)16-4-3-15-24-16)22-13-11-21(12-14-22)10-9-20-7-1-2-8-20/h1-2,5-8,16H,3-4,9-15H2. The van der Waals surface area contributed by atoms with Crippen molar-refractivity contribution in [1.29, 1.82) is 0 Å². The molecule has 0 saturated carbocycles. The summed E-state index contributed by atoms with van der Waals surface area (Å²) < 4.78 is 7.93. The van der Waals surface area contributed by atoms with E-state index in [1.807, 2.05) is 11.0 Å². The minimum absolute atomic E-state index is 0.180. The zero-order valence-electron chi connectivity index (χ0n) is 14.5. The lowest BCUT2D eigenvalue weighted by molar-refractivity contribution is 0.0638. The Morgan fingerprint density at radius 3 is 2.64 bits per heavy atom. The Bertz CT molecular complexity index is 683. The summed E-state index contributed by atoms with van der Waals surface area (Å²) in [4.78, 5) is 19.2. The number of thiophene rings is 1. The van der Waals surface area contributed by atoms with Gasteiger partial charge >= 0.3 is 0 Å². The summed E-state index contributed by atoms with van der Waals surface area (Å²) in [5.74, 6) is 0.180. The van der Waals surface area contributed by atoms with Crippen LogP contribution in [0.5, 0.6) is 0 Å². The van der Waals surface area contributed by atoms with Gasteiger partial charge in [0, 0.05) is 63.1 Å². The minimum Gasteiger partial charge on any atom is -0.373 e. The van der Waals surface area contributed by atoms with Crippen molar-refractivity contribution in [2.45, 2.75) is 25.5 Å². The number of aromatic nitrogens is 1. The molecule has 4 rings (SSSR count). The Morgan fingerprint density at radius 2 is 1.92 bits per heavy atom. The SMILES string of the molecule is O=C(c1ccc(C2CCCO2)s1)N1CCN(CCn2cccc2)CC1. The summed E-state index contributed by atoms with van der Waals surface area (Å²) in [5, 5.41) is 0. The molecule has 0 radical (unpaired) electrons. The van der Waals surface area contributed by atoms with E-state index in [0.717, 1.165) is 63.6 Å². The number of piperazine rings is 1. The molecule has 4 heterocycles. The molecule has 0 N–H and O–H groups in total. The Balaban J connectivity index is 1.27. The van der Waals surface area contributed by atoms with E-state index in [-0.39, 0.29) is 12.0 Å². The monoisotopic (exact) mass is 359 g/mol. The van der Waals surface area contributed by atoms with Gasteiger partial charge in [-0.1, -0.05) is 0 Å². The molecule has 2 aromatic heterocycles. The Kier molecular flexibility index (Phi) is 5.20. The fourth-order valence-corrected chi connectivity index (χ4v) is 4.61. The van der Waals surface area contributed by atoms with Crippen molar-refractivity contribution in [3.63, 3.8) is 0 Å². The highest BCUT2D eigenvalue weighted by atomic mass is 32.1. The number of ether oxygens (including phenoxy) is 1. The fourth-order valence-electron chi connectivity index (χ4n) is 3.55. The first-order valence-electron chi connectivity index (χ1n) is 9.13. The summed E-state index contributed by atoms with van der Waals surface area (Å²) in [5.41, 5.74) is 0. The van der Waals surface area contributed by atoms with E-state index < -0.39 is 0 Å². The van der Waals surface area contributed by atoms with Gasteiger partial charge in [0.25, 0.3) is 5.91 Å². The molecule has 134 valence electrons. The Labute approximate surface area is 152 Å². The summed E-state index contributed by atoms with van der Waals surface area (Å²) in [6, 6.07) is 8.16. The molecule has 6 heteroatoms. The summed E-state index contributed by atoms with van der Waals surface area (Å²) >= 11 is 1.61. The van der Waals surface area contributed by atoms with E-state index in [9.17, 15) is 4.79 Å². The van der Waals surface area contributed by atoms with Crippen molar-refractivity contribution in [3.05, 3.63) is 46.4 Å². The maximum absolute atomic E-state index is 12.8. The molecule has 5 nitrogen and oxygen atoms in total. The van der Waals surface area contributed by atoms with E-state index in [2.05, 4.69) is 40.1 Å². The van der Waals surface area contributed by atoms with Gasteiger partial charge in [-0.2, -0.15) is 0 Å². The molecule has 2 aromatic rings. The van der Waals surface area contributed by atoms with Gasteiger partial charge in [0.1, 0.15) is 0 Å². The Hall–Kier alpha value is -1.63. The molecule has 0 bridgehead atoms. The van der Waals surface area contributed by atoms with Gasteiger partial charge in [0.2, 0.25) is 0 Å². The molecule has 0 spiro atoms. The number of hydrogen-bond donors (Lipinski definition) is 0. The average molecular weight is 359 g/mol. The van der Waals surface area contributed by atoms with Crippen LogP contribution in [0.2, 0.25) is 0 Å². The molecule has 2 aliphatic rings. The summed E-state index contributed by atoms with van der Waals surface area (Å²) in [7, 11) is 0. The molecule has 2 fully saturated rings. The smallest absolute Gasteiger partial charge is 0.264 e. The normalized spacial score (nSPS) is 21.8. The van der Waals surface area contributed by atoms with E-state index in [1.54, 1.807) is 11.3 Å². The second-order valence-electron chi connectivity index (χ2n) is 6.76. The van der Waals surface area contributed by atoms with Crippen LogP contribution in [0.3, 0.4) is 0 Å². The van der Waals surface area contributed by atoms with Crippen molar-refractivity contribution in [1.82, 2.24) is 14.4 Å². The van der Waals surface area contributed by atoms with E-state index in [4.69, 9.17) is 4.74 Å². The molecule has 0 aliphatic carbocycles. The van der Waals surface area contributed by atoms with Crippen molar-refractivity contribution >= 4 is 17.2 Å². The van der Waals surface area contributed by atoms with Crippen molar-refractivity contribution in [3.8, 4) is 0 Å². The lowest BCUT2D eigenvalue weighted by Gasteiger charge is -2.34. The van der Waals surface area contributed by atoms with Crippen LogP contribution < -0.4 is 0 Å². The largest absolute Gasteiger partial charge is 0.373 e. The minimum atomic E-state index is 0.180. The maximum atomic E-state index is 12.8. The molecule has 1 atom stereocenters. The van der Waals surface area contributed by atoms with Gasteiger partial charge in [0.05, 0.1) is 11.0 Å². The number of nitrogens with zero attached hydrogens (tertiary/aromatic N) is 3. The average Bonchev–Trinajstić information content (AvgIpc) is 3.42. The molecule has 2 aliphatic heterocycles. The molecule has 0 aromatic carbocycles. The van der Waals surface area contributed by atoms with E-state index in [1.165, 1.54) is 4.88 Å². The van der Waals surface area contributed by atoms with Crippen LogP contribution in [-0.2, 0) is 11.3 Å². The molecule has 1 unspecified atom stereocenters. The molecular formula is C19H25N3O2S. The molecule has 1 amide bonds. The van der Waals surface area contributed by atoms with Gasteiger partial charge in [-0.3, -0.25) is 9.69 Å². The predicted octanol–water partition coefficient (Wildman–Crippen LogP) is 2.86. The number of rotatable bonds is 5. The summed E-state index contributed by atoms with van der Waals surface area (Å²) in [6.45, 7) is 6.44. The lowest BCUT2D eigenvalue weighted by Crippen LogP contribution is -2.49. The first-order valence-corrected chi connectivity index (χ1v) is 9.95. The first-order chi connectivity index (χ1) is 12.3. The van der Waals surface area contributed by atoms with Crippen LogP contribution in [0.4, 0.5) is 0 Å². The number of hydrogen-bond acceptors (Lipinski definition) is 4. The van der Waals surface area contributed by atoms with E-state index in [0.29, 0.717) is 0 Å². The van der Waals surface area contributed by atoms with Crippen molar-refractivity contribution in [2.75, 3.05) is 39.3 Å². The van der Waals surface area contributed by atoms with Gasteiger partial charge < -0.3 is 14.2 Å². The first kappa shape index (κ1) is 16.8. The van der Waals surface area contributed by atoms with Gasteiger partial charge in [0.15, 0.2) is 0 Å². The topological polar surface area (TPSA) is 37.7 Å². The van der Waals surface area contributed by atoms with Gasteiger partial charge in [-0.25, -0.2) is 0 Å². The highest BCUT2D eigenvalue weighted by Gasteiger charge is 2.25. The third-order valence-electron chi connectivity index (χ3n) is 5.08. The van der Waals surface area contributed by atoms with Crippen LogP contribution in [0, 0.1) is 0 Å². The highest BCUT2D eigenvalue weighted by Crippen LogP contribution is 2.33. The fraction of sp³-hybridized carbons (Fsp3) is 0.526. The highest BCUT2D eigenvalue weighted by molar-refractivity contribution is 7.14. The predicted molar refractivity (Wildman–Crippen MR) is 99.0 cm³/mol. The second kappa shape index (κ2) is 7.72. The number of amides is 1. The molecule has 2 saturated heterocycles. The quantitative estimate of drug-likeness (QED) is 0.824. The van der Waals surface area contributed by atoms with Crippen LogP contribution in [-0.4, -0.2) is 59.6 Å². The maximum Gasteiger partial charge on any atom is 0.264 e. The van der Waals surface area contributed by atoms with Crippen LogP contribution in [0.15, 0.2) is 36.7 Å². The third kappa shape index (κ3) is 3.97. The van der Waals surface area contributed by atoms with E-state index >= 15 is 0 Å². The second-order valence-corrected chi connectivity index (χ2v) is 7.87. The zero-order chi connectivity index (χ0) is 17.1. The van der Waals surface area contributed by atoms with Gasteiger partial charge in [-0.15, -0.1) is 11.3 Å². The van der Waals surface area contributed by atoms with Crippen molar-refractivity contribution in [2.24, 2.45) is 0 Å². The van der Waals surface area contributed by atoms with Crippen molar-refractivity contribution < 1.29 is 9.53 Å². The molecule has 25 heavy (non-hydrogen) atoms. The Morgan fingerprint density at radius 1 is 1.12 bits per heavy atom. The summed E-state index contributed by atoms with van der Waals surface area (Å²) in [6.07, 6.45) is 6.60.